The number of rotatable bonds is 7. The number of fused-ring (bicyclic) bond motifs is 2. The molecule has 192 valence electrons. The number of hydrogen-bond donors (Lipinski definition) is 2. The summed E-state index contributed by atoms with van der Waals surface area (Å²) in [7, 11) is 0. The molecular weight excluding hydrogens is 498 g/mol. The topological polar surface area (TPSA) is 109 Å². The molecule has 4 heterocycles. The van der Waals surface area contributed by atoms with Crippen molar-refractivity contribution in [2.24, 2.45) is 5.41 Å². The van der Waals surface area contributed by atoms with Gasteiger partial charge in [0.05, 0.1) is 45.6 Å². The molecule has 10 heteroatoms. The van der Waals surface area contributed by atoms with Crippen LogP contribution in [0.15, 0.2) is 55.1 Å². The van der Waals surface area contributed by atoms with Crippen LogP contribution in [0.25, 0.3) is 16.4 Å². The maximum atomic E-state index is 9.82. The van der Waals surface area contributed by atoms with Crippen molar-refractivity contribution in [3.63, 3.8) is 0 Å². The summed E-state index contributed by atoms with van der Waals surface area (Å²) >= 11 is 6.77. The van der Waals surface area contributed by atoms with Gasteiger partial charge in [0.15, 0.2) is 0 Å². The van der Waals surface area contributed by atoms with Crippen LogP contribution in [0, 0.1) is 16.7 Å². The Morgan fingerprint density at radius 2 is 2.08 bits per heavy atom. The van der Waals surface area contributed by atoms with Gasteiger partial charge in [-0.1, -0.05) is 43.7 Å². The summed E-state index contributed by atoms with van der Waals surface area (Å²) in [4.78, 5) is 4.50. The van der Waals surface area contributed by atoms with Crippen molar-refractivity contribution in [2.45, 2.75) is 45.7 Å². The van der Waals surface area contributed by atoms with Gasteiger partial charge in [0.25, 0.3) is 0 Å². The fourth-order valence-corrected chi connectivity index (χ4v) is 4.88. The van der Waals surface area contributed by atoms with E-state index < -0.39 is 0 Å². The minimum atomic E-state index is -0.311. The van der Waals surface area contributed by atoms with E-state index in [1.807, 2.05) is 45.9 Å². The molecule has 38 heavy (non-hydrogen) atoms. The summed E-state index contributed by atoms with van der Waals surface area (Å²) in [5, 5.41) is 31.6. The Hall–Kier alpha value is -4.16. The van der Waals surface area contributed by atoms with Crippen LogP contribution in [0.2, 0.25) is 5.02 Å². The Morgan fingerprint density at radius 1 is 1.24 bits per heavy atom. The third-order valence-corrected chi connectivity index (χ3v) is 6.96. The monoisotopic (exact) mass is 525 g/mol. The SMILES string of the molecule is CC(C)(C)CNc1c(C#N)cnc2c(Cl)cc(NC(c3cn(C4CC4)nn3)c3cccn4nccc34)cc12. The number of hydrogen-bond acceptors (Lipinski definition) is 7. The summed E-state index contributed by atoms with van der Waals surface area (Å²) in [6, 6.07) is 12.3. The number of aromatic nitrogens is 6. The number of anilines is 2. The smallest absolute Gasteiger partial charge is 0.110 e. The normalized spacial score (nSPS) is 14.5. The summed E-state index contributed by atoms with van der Waals surface area (Å²) in [5.41, 5.74) is 5.43. The van der Waals surface area contributed by atoms with Crippen molar-refractivity contribution in [1.82, 2.24) is 29.6 Å². The number of halogens is 1. The van der Waals surface area contributed by atoms with Crippen LogP contribution in [-0.4, -0.2) is 36.1 Å². The van der Waals surface area contributed by atoms with Crippen molar-refractivity contribution in [3.8, 4) is 6.07 Å². The maximum absolute atomic E-state index is 9.82. The zero-order chi connectivity index (χ0) is 26.4. The molecule has 1 unspecified atom stereocenters. The quantitative estimate of drug-likeness (QED) is 0.268. The molecule has 1 atom stereocenters. The highest BCUT2D eigenvalue weighted by molar-refractivity contribution is 6.35. The fraction of sp³-hybridized carbons (Fsp3) is 0.321. The largest absolute Gasteiger partial charge is 0.383 e. The molecule has 0 aliphatic heterocycles. The van der Waals surface area contributed by atoms with Crippen LogP contribution >= 0.6 is 11.6 Å². The molecule has 1 saturated carbocycles. The van der Waals surface area contributed by atoms with Crippen molar-refractivity contribution < 1.29 is 0 Å². The fourth-order valence-electron chi connectivity index (χ4n) is 4.61. The minimum Gasteiger partial charge on any atom is -0.383 e. The first-order valence-corrected chi connectivity index (χ1v) is 13.1. The first-order chi connectivity index (χ1) is 18.3. The molecule has 1 aromatic carbocycles. The van der Waals surface area contributed by atoms with Gasteiger partial charge >= 0.3 is 0 Å². The second kappa shape index (κ2) is 9.30. The molecule has 5 aromatic rings. The number of nitriles is 1. The van der Waals surface area contributed by atoms with Gasteiger partial charge in [-0.2, -0.15) is 10.4 Å². The molecular formula is C28H28ClN9. The van der Waals surface area contributed by atoms with Crippen LogP contribution in [0.4, 0.5) is 11.4 Å². The minimum absolute atomic E-state index is 0.0182. The molecule has 1 fully saturated rings. The molecule has 0 spiro atoms. The van der Waals surface area contributed by atoms with Crippen molar-refractivity contribution in [1.29, 1.82) is 5.26 Å². The lowest BCUT2D eigenvalue weighted by Gasteiger charge is -2.22. The van der Waals surface area contributed by atoms with Crippen LogP contribution in [-0.2, 0) is 0 Å². The molecule has 0 bridgehead atoms. The number of nitrogens with zero attached hydrogens (tertiary/aromatic N) is 7. The van der Waals surface area contributed by atoms with Gasteiger partial charge < -0.3 is 10.6 Å². The molecule has 9 nitrogen and oxygen atoms in total. The van der Waals surface area contributed by atoms with Crippen molar-refractivity contribution >= 4 is 39.4 Å². The molecule has 0 radical (unpaired) electrons. The zero-order valence-electron chi connectivity index (χ0n) is 21.5. The Kier molecular flexibility index (Phi) is 5.92. The highest BCUT2D eigenvalue weighted by Gasteiger charge is 2.28. The van der Waals surface area contributed by atoms with Gasteiger partial charge in [-0.25, -0.2) is 9.20 Å². The van der Waals surface area contributed by atoms with Gasteiger partial charge in [-0.05, 0) is 42.5 Å². The van der Waals surface area contributed by atoms with E-state index in [2.05, 4.69) is 63.9 Å². The molecule has 0 amide bonds. The van der Waals surface area contributed by atoms with E-state index in [1.54, 1.807) is 12.4 Å². The van der Waals surface area contributed by atoms with Gasteiger partial charge in [0.2, 0.25) is 0 Å². The van der Waals surface area contributed by atoms with Gasteiger partial charge in [0, 0.05) is 41.8 Å². The zero-order valence-corrected chi connectivity index (χ0v) is 22.2. The molecule has 0 saturated heterocycles. The summed E-state index contributed by atoms with van der Waals surface area (Å²) in [6.07, 6.45) is 9.54. The number of pyridine rings is 2. The maximum Gasteiger partial charge on any atom is 0.110 e. The van der Waals surface area contributed by atoms with E-state index in [0.29, 0.717) is 28.7 Å². The summed E-state index contributed by atoms with van der Waals surface area (Å²) < 4.78 is 3.80. The van der Waals surface area contributed by atoms with E-state index >= 15 is 0 Å². The molecule has 4 aromatic heterocycles. The highest BCUT2D eigenvalue weighted by Crippen LogP contribution is 2.38. The van der Waals surface area contributed by atoms with Gasteiger partial charge in [-0.3, -0.25) is 4.98 Å². The number of nitrogens with one attached hydrogen (secondary N) is 2. The second-order valence-electron chi connectivity index (χ2n) is 11.0. The van der Waals surface area contributed by atoms with E-state index in [9.17, 15) is 5.26 Å². The van der Waals surface area contributed by atoms with Crippen LogP contribution in [0.5, 0.6) is 0 Å². The Morgan fingerprint density at radius 3 is 2.84 bits per heavy atom. The summed E-state index contributed by atoms with van der Waals surface area (Å²) in [5.74, 6) is 0. The molecule has 6 rings (SSSR count). The Balaban J connectivity index is 1.46. The molecule has 1 aliphatic rings. The Labute approximate surface area is 225 Å². The van der Waals surface area contributed by atoms with E-state index in [-0.39, 0.29) is 11.5 Å². The third-order valence-electron chi connectivity index (χ3n) is 6.68. The standard InChI is InChI=1S/C28H28ClN9/c1-28(2,3)16-32-25-17(13-30)14-31-26-21(25)11-18(12-22(26)29)34-27(23-15-38(36-35-23)19-6-7-19)20-5-4-10-37-24(20)8-9-33-37/h4-5,8-12,14-15,19,27,34H,6-7,16H2,1-3H3,(H,31,32). The van der Waals surface area contributed by atoms with E-state index in [4.69, 9.17) is 11.6 Å². The van der Waals surface area contributed by atoms with Gasteiger partial charge in [-0.15, -0.1) is 5.10 Å². The first kappa shape index (κ1) is 24.2. The van der Waals surface area contributed by atoms with Crippen molar-refractivity contribution in [3.05, 3.63) is 77.0 Å². The second-order valence-corrected chi connectivity index (χ2v) is 11.4. The lowest BCUT2D eigenvalue weighted by Crippen LogP contribution is -2.20. The van der Waals surface area contributed by atoms with Crippen LogP contribution in [0.3, 0.4) is 0 Å². The predicted molar refractivity (Wildman–Crippen MR) is 148 cm³/mol. The third kappa shape index (κ3) is 4.63. The van der Waals surface area contributed by atoms with Crippen LogP contribution < -0.4 is 10.6 Å². The number of benzene rings is 1. The first-order valence-electron chi connectivity index (χ1n) is 12.7. The lowest BCUT2D eigenvalue weighted by molar-refractivity contribution is 0.443. The van der Waals surface area contributed by atoms with E-state index in [0.717, 1.165) is 46.4 Å². The molecule has 1 aliphatic carbocycles. The predicted octanol–water partition coefficient (Wildman–Crippen LogP) is 5.99. The van der Waals surface area contributed by atoms with Gasteiger partial charge in [0.1, 0.15) is 11.8 Å². The lowest BCUT2D eigenvalue weighted by atomic mass is 9.96. The average Bonchev–Trinajstić information content (AvgIpc) is 3.41. The molecule has 2 N–H and O–H groups in total. The van der Waals surface area contributed by atoms with Crippen LogP contribution in [0.1, 0.15) is 62.5 Å². The summed E-state index contributed by atoms with van der Waals surface area (Å²) in [6.45, 7) is 7.12. The van der Waals surface area contributed by atoms with E-state index in [1.165, 1.54) is 0 Å². The highest BCUT2D eigenvalue weighted by atomic mass is 35.5. The van der Waals surface area contributed by atoms with Crippen molar-refractivity contribution in [2.75, 3.05) is 17.2 Å². The Bertz CT molecular complexity index is 1680. The average molecular weight is 526 g/mol.